The van der Waals surface area contributed by atoms with Crippen molar-refractivity contribution in [2.75, 3.05) is 18.5 Å². The first-order valence-electron chi connectivity index (χ1n) is 7.59. The molecule has 136 valence electrons. The SMILES string of the molecule is CCC(C)(CCO)NC(=O)Nc1ccc(C)cc1OCC(F)(F)F. The molecule has 0 spiro atoms. The summed E-state index contributed by atoms with van der Waals surface area (Å²) >= 11 is 0. The van der Waals surface area contributed by atoms with Gasteiger partial charge in [0.2, 0.25) is 0 Å². The molecule has 5 nitrogen and oxygen atoms in total. The van der Waals surface area contributed by atoms with Crippen molar-refractivity contribution in [1.82, 2.24) is 5.32 Å². The predicted molar refractivity (Wildman–Crippen MR) is 85.3 cm³/mol. The van der Waals surface area contributed by atoms with E-state index in [1.807, 2.05) is 6.92 Å². The highest BCUT2D eigenvalue weighted by molar-refractivity contribution is 5.91. The number of benzene rings is 1. The summed E-state index contributed by atoms with van der Waals surface area (Å²) in [6, 6.07) is 3.99. The van der Waals surface area contributed by atoms with E-state index >= 15 is 0 Å². The lowest BCUT2D eigenvalue weighted by molar-refractivity contribution is -0.153. The predicted octanol–water partition coefficient (Wildman–Crippen LogP) is 3.61. The quantitative estimate of drug-likeness (QED) is 0.705. The number of hydrogen-bond donors (Lipinski definition) is 3. The van der Waals surface area contributed by atoms with Gasteiger partial charge in [-0.15, -0.1) is 0 Å². The number of halogens is 3. The van der Waals surface area contributed by atoms with Crippen LogP contribution in [0.2, 0.25) is 0 Å². The van der Waals surface area contributed by atoms with E-state index in [0.29, 0.717) is 18.4 Å². The van der Waals surface area contributed by atoms with Crippen LogP contribution in [-0.2, 0) is 0 Å². The van der Waals surface area contributed by atoms with Crippen LogP contribution < -0.4 is 15.4 Å². The van der Waals surface area contributed by atoms with Gasteiger partial charge in [-0.3, -0.25) is 0 Å². The fraction of sp³-hybridized carbons (Fsp3) is 0.562. The number of aliphatic hydroxyl groups excluding tert-OH is 1. The van der Waals surface area contributed by atoms with Gasteiger partial charge < -0.3 is 20.5 Å². The molecule has 0 saturated carbocycles. The molecular formula is C16H23F3N2O3. The van der Waals surface area contributed by atoms with Crippen molar-refractivity contribution >= 4 is 11.7 Å². The molecule has 0 bridgehead atoms. The number of alkyl halides is 3. The van der Waals surface area contributed by atoms with E-state index in [2.05, 4.69) is 10.6 Å². The molecule has 3 N–H and O–H groups in total. The highest BCUT2D eigenvalue weighted by Gasteiger charge is 2.29. The fourth-order valence-electron chi connectivity index (χ4n) is 2.01. The average molecular weight is 348 g/mol. The number of hydrogen-bond acceptors (Lipinski definition) is 3. The normalized spacial score (nSPS) is 14.0. The number of aliphatic hydroxyl groups is 1. The summed E-state index contributed by atoms with van der Waals surface area (Å²) in [6.45, 7) is 3.82. The van der Waals surface area contributed by atoms with Gasteiger partial charge in [-0.1, -0.05) is 13.0 Å². The number of urea groups is 1. The van der Waals surface area contributed by atoms with Crippen molar-refractivity contribution in [3.8, 4) is 5.75 Å². The van der Waals surface area contributed by atoms with Crippen LogP contribution in [0.5, 0.6) is 5.75 Å². The van der Waals surface area contributed by atoms with Gasteiger partial charge >= 0.3 is 12.2 Å². The molecular weight excluding hydrogens is 325 g/mol. The first kappa shape index (κ1) is 20.1. The van der Waals surface area contributed by atoms with Crippen molar-refractivity contribution in [3.05, 3.63) is 23.8 Å². The summed E-state index contributed by atoms with van der Waals surface area (Å²) < 4.78 is 41.8. The molecule has 1 atom stereocenters. The van der Waals surface area contributed by atoms with Gasteiger partial charge in [0.1, 0.15) is 5.75 Å². The van der Waals surface area contributed by atoms with Crippen molar-refractivity contribution < 1.29 is 27.8 Å². The van der Waals surface area contributed by atoms with Crippen molar-refractivity contribution in [2.24, 2.45) is 0 Å². The zero-order valence-corrected chi connectivity index (χ0v) is 14.0. The number of amides is 2. The van der Waals surface area contributed by atoms with Crippen LogP contribution in [0.3, 0.4) is 0 Å². The number of aryl methyl sites for hydroxylation is 1. The topological polar surface area (TPSA) is 70.6 Å². The molecule has 0 aliphatic rings. The Kier molecular flexibility index (Phi) is 6.89. The Morgan fingerprint density at radius 3 is 2.54 bits per heavy atom. The smallest absolute Gasteiger partial charge is 0.422 e. The second-order valence-corrected chi connectivity index (χ2v) is 5.87. The molecule has 1 rings (SSSR count). The van der Waals surface area contributed by atoms with Gasteiger partial charge in [-0.25, -0.2) is 4.79 Å². The Hall–Kier alpha value is -1.96. The summed E-state index contributed by atoms with van der Waals surface area (Å²) in [7, 11) is 0. The van der Waals surface area contributed by atoms with Gasteiger partial charge in [-0.05, 0) is 44.4 Å². The number of nitrogens with one attached hydrogen (secondary N) is 2. The van der Waals surface area contributed by atoms with Gasteiger partial charge in [0.15, 0.2) is 6.61 Å². The Bertz CT molecular complexity index is 564. The average Bonchev–Trinajstić information content (AvgIpc) is 2.46. The Morgan fingerprint density at radius 1 is 1.33 bits per heavy atom. The van der Waals surface area contributed by atoms with Crippen LogP contribution in [0.4, 0.5) is 23.7 Å². The Labute approximate surface area is 139 Å². The van der Waals surface area contributed by atoms with E-state index in [0.717, 1.165) is 0 Å². The standard InChI is InChI=1S/C16H23F3N2O3/c1-4-15(3,7-8-22)21-14(23)20-12-6-5-11(2)9-13(12)24-10-16(17,18)19/h5-6,9,22H,4,7-8,10H2,1-3H3,(H2,20,21,23). The highest BCUT2D eigenvalue weighted by Crippen LogP contribution is 2.28. The summed E-state index contributed by atoms with van der Waals surface area (Å²) in [5.74, 6) is -0.0529. The monoisotopic (exact) mass is 348 g/mol. The first-order valence-corrected chi connectivity index (χ1v) is 7.59. The maximum atomic E-state index is 12.3. The van der Waals surface area contributed by atoms with E-state index < -0.39 is 24.4 Å². The second-order valence-electron chi connectivity index (χ2n) is 5.87. The van der Waals surface area contributed by atoms with Gasteiger partial charge in [0.05, 0.1) is 5.69 Å². The molecule has 0 aromatic heterocycles. The molecule has 0 aliphatic heterocycles. The molecule has 24 heavy (non-hydrogen) atoms. The van der Waals surface area contributed by atoms with Crippen LogP contribution in [0.25, 0.3) is 0 Å². The molecule has 8 heteroatoms. The van der Waals surface area contributed by atoms with E-state index in [9.17, 15) is 18.0 Å². The first-order chi connectivity index (χ1) is 11.1. The number of ether oxygens (including phenoxy) is 1. The lowest BCUT2D eigenvalue weighted by Crippen LogP contribution is -2.48. The minimum absolute atomic E-state index is 0.0529. The summed E-state index contributed by atoms with van der Waals surface area (Å²) in [6.07, 6.45) is -3.51. The lowest BCUT2D eigenvalue weighted by Gasteiger charge is -2.29. The number of carbonyl (C=O) groups is 1. The molecule has 0 aliphatic carbocycles. The van der Waals surface area contributed by atoms with Crippen LogP contribution in [0.1, 0.15) is 32.3 Å². The second kappa shape index (κ2) is 8.23. The third kappa shape index (κ3) is 6.66. The van der Waals surface area contributed by atoms with Crippen LogP contribution in [0, 0.1) is 6.92 Å². The molecule has 1 unspecified atom stereocenters. The van der Waals surface area contributed by atoms with Crippen molar-refractivity contribution in [3.63, 3.8) is 0 Å². The van der Waals surface area contributed by atoms with Crippen LogP contribution in [0.15, 0.2) is 18.2 Å². The highest BCUT2D eigenvalue weighted by atomic mass is 19.4. The molecule has 2 amide bonds. The number of rotatable bonds is 7. The Morgan fingerprint density at radius 2 is 2.00 bits per heavy atom. The zero-order valence-electron chi connectivity index (χ0n) is 14.0. The molecule has 1 aromatic carbocycles. The molecule has 0 fully saturated rings. The third-order valence-electron chi connectivity index (χ3n) is 3.64. The maximum absolute atomic E-state index is 12.3. The fourth-order valence-corrected chi connectivity index (χ4v) is 2.01. The minimum atomic E-state index is -4.47. The van der Waals surface area contributed by atoms with Gasteiger partial charge in [0, 0.05) is 12.1 Å². The summed E-state index contributed by atoms with van der Waals surface area (Å²) in [5, 5.41) is 14.3. The summed E-state index contributed by atoms with van der Waals surface area (Å²) in [5.41, 5.74) is 0.234. The number of carbonyl (C=O) groups excluding carboxylic acids is 1. The molecule has 0 saturated heterocycles. The summed E-state index contributed by atoms with van der Waals surface area (Å²) in [4.78, 5) is 12.1. The van der Waals surface area contributed by atoms with E-state index in [4.69, 9.17) is 9.84 Å². The minimum Gasteiger partial charge on any atom is -0.482 e. The zero-order chi connectivity index (χ0) is 18.4. The van der Waals surface area contributed by atoms with Crippen LogP contribution in [-0.4, -0.2) is 36.1 Å². The maximum Gasteiger partial charge on any atom is 0.422 e. The largest absolute Gasteiger partial charge is 0.482 e. The van der Waals surface area contributed by atoms with Crippen LogP contribution >= 0.6 is 0 Å². The van der Waals surface area contributed by atoms with Crippen molar-refractivity contribution in [1.29, 1.82) is 0 Å². The van der Waals surface area contributed by atoms with Gasteiger partial charge in [-0.2, -0.15) is 13.2 Å². The van der Waals surface area contributed by atoms with Gasteiger partial charge in [0.25, 0.3) is 0 Å². The molecule has 0 heterocycles. The number of anilines is 1. The third-order valence-corrected chi connectivity index (χ3v) is 3.64. The lowest BCUT2D eigenvalue weighted by atomic mass is 9.95. The van der Waals surface area contributed by atoms with E-state index in [1.165, 1.54) is 12.1 Å². The van der Waals surface area contributed by atoms with E-state index in [1.54, 1.807) is 19.9 Å². The molecule has 1 aromatic rings. The van der Waals surface area contributed by atoms with E-state index in [-0.39, 0.29) is 18.0 Å². The molecule has 0 radical (unpaired) electrons. The Balaban J connectivity index is 2.84. The van der Waals surface area contributed by atoms with Crippen molar-refractivity contribution in [2.45, 2.75) is 45.3 Å².